The molecule has 31 heavy (non-hydrogen) atoms. The van der Waals surface area contributed by atoms with E-state index in [-0.39, 0.29) is 5.91 Å². The van der Waals surface area contributed by atoms with Crippen LogP contribution in [0.25, 0.3) is 17.0 Å². The molecule has 1 saturated heterocycles. The lowest BCUT2D eigenvalue weighted by molar-refractivity contribution is -0.121. The first kappa shape index (κ1) is 21.7. The van der Waals surface area contributed by atoms with Crippen molar-refractivity contribution in [1.82, 2.24) is 9.47 Å². The minimum absolute atomic E-state index is 0.0666. The molecule has 4 rings (SSSR count). The third kappa shape index (κ3) is 4.87. The maximum atomic E-state index is 12.7. The molecule has 2 aromatic carbocycles. The topological polar surface area (TPSA) is 34.5 Å². The summed E-state index contributed by atoms with van der Waals surface area (Å²) in [5, 5.41) is 1.80. The molecule has 0 atom stereocenters. The van der Waals surface area contributed by atoms with Crippen molar-refractivity contribution in [2.45, 2.75) is 13.0 Å². The molecule has 1 aromatic heterocycles. The third-order valence-corrected chi connectivity index (χ3v) is 6.55. The van der Waals surface area contributed by atoms with Crippen molar-refractivity contribution in [2.75, 3.05) is 13.2 Å². The SMILES string of the molecule is C=CCN1C(=O)/C(=C\c2cn(CCCOc3ccc(Cl)cc3)c3ccccc23)SC1=S. The summed E-state index contributed by atoms with van der Waals surface area (Å²) in [7, 11) is 0. The largest absolute Gasteiger partial charge is 0.494 e. The number of carbonyl (C=O) groups excluding carboxylic acids is 1. The minimum atomic E-state index is -0.0666. The Morgan fingerprint density at radius 3 is 2.71 bits per heavy atom. The zero-order chi connectivity index (χ0) is 21.8. The number of amides is 1. The standard InChI is InChI=1S/C24H21ClN2O2S2/c1-2-12-27-23(28)22(31-24(27)30)15-17-16-26(21-7-4-3-6-20(17)21)13-5-14-29-19-10-8-18(25)9-11-19/h2-4,6-11,15-16H,1,5,12-14H2/b22-15+. The van der Waals surface area contributed by atoms with E-state index in [0.29, 0.717) is 27.4 Å². The van der Waals surface area contributed by atoms with Crippen molar-refractivity contribution >= 4 is 62.8 Å². The van der Waals surface area contributed by atoms with Crippen LogP contribution in [0.3, 0.4) is 0 Å². The number of benzene rings is 2. The maximum absolute atomic E-state index is 12.7. The molecule has 0 N–H and O–H groups in total. The molecule has 0 bridgehead atoms. The van der Waals surface area contributed by atoms with Gasteiger partial charge in [-0.25, -0.2) is 0 Å². The highest BCUT2D eigenvalue weighted by Gasteiger charge is 2.31. The van der Waals surface area contributed by atoms with Gasteiger partial charge >= 0.3 is 0 Å². The second-order valence-electron chi connectivity index (χ2n) is 7.03. The normalized spacial score (nSPS) is 15.3. The summed E-state index contributed by atoms with van der Waals surface area (Å²) in [5.41, 5.74) is 2.13. The molecule has 4 nitrogen and oxygen atoms in total. The third-order valence-electron chi connectivity index (χ3n) is 4.92. The molecular formula is C24H21ClN2O2S2. The van der Waals surface area contributed by atoms with E-state index in [1.165, 1.54) is 11.8 Å². The molecule has 7 heteroatoms. The van der Waals surface area contributed by atoms with E-state index in [0.717, 1.165) is 35.2 Å². The molecule has 0 saturated carbocycles. The molecule has 158 valence electrons. The van der Waals surface area contributed by atoms with Gasteiger partial charge in [-0.3, -0.25) is 9.69 Å². The number of nitrogens with zero attached hydrogens (tertiary/aromatic N) is 2. The van der Waals surface area contributed by atoms with E-state index in [1.807, 2.05) is 42.5 Å². The van der Waals surface area contributed by atoms with Crippen LogP contribution in [0.2, 0.25) is 5.02 Å². The van der Waals surface area contributed by atoms with Crippen molar-refractivity contribution in [3.05, 3.63) is 82.9 Å². The van der Waals surface area contributed by atoms with E-state index in [2.05, 4.69) is 29.5 Å². The number of hydrogen-bond donors (Lipinski definition) is 0. The zero-order valence-corrected chi connectivity index (χ0v) is 19.2. The quantitative estimate of drug-likeness (QED) is 0.172. The Morgan fingerprint density at radius 1 is 1.16 bits per heavy atom. The van der Waals surface area contributed by atoms with Crippen LogP contribution >= 0.6 is 35.6 Å². The van der Waals surface area contributed by atoms with Gasteiger partial charge in [0.2, 0.25) is 0 Å². The Labute approximate surface area is 196 Å². The second-order valence-corrected chi connectivity index (χ2v) is 9.14. The van der Waals surface area contributed by atoms with Crippen molar-refractivity contribution < 1.29 is 9.53 Å². The first-order chi connectivity index (χ1) is 15.1. The van der Waals surface area contributed by atoms with Crippen LogP contribution in [-0.2, 0) is 11.3 Å². The van der Waals surface area contributed by atoms with Crippen LogP contribution in [0.4, 0.5) is 0 Å². The van der Waals surface area contributed by atoms with Crippen molar-refractivity contribution in [3.63, 3.8) is 0 Å². The van der Waals surface area contributed by atoms with Gasteiger partial charge in [0.05, 0.1) is 11.5 Å². The maximum Gasteiger partial charge on any atom is 0.266 e. The Kier molecular flexibility index (Phi) is 6.80. The number of aromatic nitrogens is 1. The summed E-state index contributed by atoms with van der Waals surface area (Å²) in [4.78, 5) is 14.9. The smallest absolute Gasteiger partial charge is 0.266 e. The Hall–Kier alpha value is -2.54. The van der Waals surface area contributed by atoms with Crippen LogP contribution < -0.4 is 4.74 Å². The number of hydrogen-bond acceptors (Lipinski definition) is 4. The van der Waals surface area contributed by atoms with Gasteiger partial charge in [-0.1, -0.05) is 59.9 Å². The molecular weight excluding hydrogens is 448 g/mol. The van der Waals surface area contributed by atoms with Gasteiger partial charge < -0.3 is 9.30 Å². The van der Waals surface area contributed by atoms with Crippen molar-refractivity contribution in [2.24, 2.45) is 0 Å². The van der Waals surface area contributed by atoms with Gasteiger partial charge in [-0.2, -0.15) is 0 Å². The second kappa shape index (κ2) is 9.73. The fourth-order valence-corrected chi connectivity index (χ4v) is 4.85. The number of rotatable bonds is 8. The lowest BCUT2D eigenvalue weighted by Gasteiger charge is -2.10. The van der Waals surface area contributed by atoms with Crippen molar-refractivity contribution in [1.29, 1.82) is 0 Å². The molecule has 0 aliphatic carbocycles. The number of fused-ring (bicyclic) bond motifs is 1. The number of halogens is 1. The fraction of sp³-hybridized carbons (Fsp3) is 0.167. The molecule has 0 spiro atoms. The van der Waals surface area contributed by atoms with Crippen LogP contribution in [0.15, 0.2) is 72.3 Å². The first-order valence-corrected chi connectivity index (χ1v) is 11.5. The highest BCUT2D eigenvalue weighted by atomic mass is 35.5. The molecule has 2 heterocycles. The predicted octanol–water partition coefficient (Wildman–Crippen LogP) is 6.15. The number of thiocarbonyl (C=S) groups is 1. The monoisotopic (exact) mass is 468 g/mol. The highest BCUT2D eigenvalue weighted by molar-refractivity contribution is 8.26. The molecule has 1 amide bonds. The lowest BCUT2D eigenvalue weighted by Crippen LogP contribution is -2.27. The van der Waals surface area contributed by atoms with E-state index in [4.69, 9.17) is 28.6 Å². The van der Waals surface area contributed by atoms with Gasteiger partial charge in [-0.05, 0) is 42.8 Å². The highest BCUT2D eigenvalue weighted by Crippen LogP contribution is 2.34. The van der Waals surface area contributed by atoms with Gasteiger partial charge in [-0.15, -0.1) is 6.58 Å². The van der Waals surface area contributed by atoms with Gasteiger partial charge in [0, 0.05) is 40.8 Å². The summed E-state index contributed by atoms with van der Waals surface area (Å²) in [6.07, 6.45) is 6.56. The number of thioether (sulfide) groups is 1. The van der Waals surface area contributed by atoms with Gasteiger partial charge in [0.15, 0.2) is 0 Å². The Morgan fingerprint density at radius 2 is 1.94 bits per heavy atom. The van der Waals surface area contributed by atoms with Crippen LogP contribution in [-0.4, -0.2) is 32.8 Å². The molecule has 3 aromatic rings. The number of ether oxygens (including phenoxy) is 1. The Bertz CT molecular complexity index is 1170. The molecule has 1 aliphatic rings. The van der Waals surface area contributed by atoms with Crippen molar-refractivity contribution in [3.8, 4) is 5.75 Å². The van der Waals surface area contributed by atoms with Gasteiger partial charge in [0.1, 0.15) is 10.1 Å². The van der Waals surface area contributed by atoms with Crippen LogP contribution in [0.5, 0.6) is 5.75 Å². The van der Waals surface area contributed by atoms with Crippen LogP contribution in [0, 0.1) is 0 Å². The Balaban J connectivity index is 1.50. The fourth-order valence-electron chi connectivity index (χ4n) is 3.46. The average Bonchev–Trinajstić information content (AvgIpc) is 3.25. The molecule has 1 aliphatic heterocycles. The summed E-state index contributed by atoms with van der Waals surface area (Å²) in [6, 6.07) is 15.6. The lowest BCUT2D eigenvalue weighted by atomic mass is 10.1. The summed E-state index contributed by atoms with van der Waals surface area (Å²) >= 11 is 12.6. The summed E-state index contributed by atoms with van der Waals surface area (Å²) < 4.78 is 8.58. The molecule has 0 unspecified atom stereocenters. The summed E-state index contributed by atoms with van der Waals surface area (Å²) in [6.45, 7) is 5.54. The molecule has 1 fully saturated rings. The number of aryl methyl sites for hydroxylation is 1. The van der Waals surface area contributed by atoms with Gasteiger partial charge in [0.25, 0.3) is 5.91 Å². The summed E-state index contributed by atoms with van der Waals surface area (Å²) in [5.74, 6) is 0.743. The number of para-hydroxylation sites is 1. The van der Waals surface area contributed by atoms with E-state index >= 15 is 0 Å². The average molecular weight is 469 g/mol. The minimum Gasteiger partial charge on any atom is -0.494 e. The van der Waals surface area contributed by atoms with Crippen LogP contribution in [0.1, 0.15) is 12.0 Å². The van der Waals surface area contributed by atoms with E-state index in [9.17, 15) is 4.79 Å². The first-order valence-electron chi connectivity index (χ1n) is 9.89. The van der Waals surface area contributed by atoms with E-state index < -0.39 is 0 Å². The van der Waals surface area contributed by atoms with E-state index in [1.54, 1.807) is 11.0 Å². The number of carbonyl (C=O) groups is 1. The zero-order valence-electron chi connectivity index (χ0n) is 16.8. The predicted molar refractivity (Wildman–Crippen MR) is 134 cm³/mol. The molecule has 0 radical (unpaired) electrons.